The predicted molar refractivity (Wildman–Crippen MR) is 84.3 cm³/mol. The molecule has 0 unspecified atom stereocenters. The molecular weight excluding hydrogens is 272 g/mol. The largest absolute Gasteiger partial charge is 0.464 e. The maximum atomic E-state index is 5.77. The zero-order valence-corrected chi connectivity index (χ0v) is 13.2. The first kappa shape index (κ1) is 12.7. The van der Waals surface area contributed by atoms with Gasteiger partial charge in [0.1, 0.15) is 5.76 Å². The van der Waals surface area contributed by atoms with Gasteiger partial charge >= 0.3 is 0 Å². The summed E-state index contributed by atoms with van der Waals surface area (Å²) in [5.41, 5.74) is 3.74. The van der Waals surface area contributed by atoms with Crippen LogP contribution >= 0.6 is 22.7 Å². The van der Waals surface area contributed by atoms with E-state index in [0.29, 0.717) is 0 Å². The lowest BCUT2D eigenvalue weighted by Gasteiger charge is -2.01. The minimum Gasteiger partial charge on any atom is -0.464 e. The molecule has 3 aromatic heterocycles. The van der Waals surface area contributed by atoms with Crippen LogP contribution in [0.5, 0.6) is 0 Å². The Labute approximate surface area is 121 Å². The summed E-state index contributed by atoms with van der Waals surface area (Å²) < 4.78 is 5.77. The van der Waals surface area contributed by atoms with E-state index in [-0.39, 0.29) is 0 Å². The highest BCUT2D eigenvalue weighted by Crippen LogP contribution is 2.40. The van der Waals surface area contributed by atoms with Crippen molar-refractivity contribution in [2.75, 3.05) is 0 Å². The zero-order chi connectivity index (χ0) is 13.6. The van der Waals surface area contributed by atoms with E-state index in [2.05, 4.69) is 45.9 Å². The lowest BCUT2D eigenvalue weighted by Crippen LogP contribution is -1.79. The summed E-state index contributed by atoms with van der Waals surface area (Å²) in [6.07, 6.45) is 1.80. The predicted octanol–water partition coefficient (Wildman–Crippen LogP) is 5.97. The topological polar surface area (TPSA) is 13.1 Å². The van der Waals surface area contributed by atoms with E-state index in [1.54, 1.807) is 6.26 Å². The Morgan fingerprint density at radius 1 is 0.789 bits per heavy atom. The van der Waals surface area contributed by atoms with Crippen molar-refractivity contribution in [3.8, 4) is 22.5 Å². The van der Waals surface area contributed by atoms with Crippen molar-refractivity contribution in [3.05, 3.63) is 44.0 Å². The zero-order valence-electron chi connectivity index (χ0n) is 11.5. The lowest BCUT2D eigenvalue weighted by molar-refractivity contribution is 0.583. The molecule has 0 saturated carbocycles. The quantitative estimate of drug-likeness (QED) is 0.566. The van der Waals surface area contributed by atoms with Crippen LogP contribution < -0.4 is 0 Å². The van der Waals surface area contributed by atoms with Gasteiger partial charge in [-0.2, -0.15) is 0 Å². The minimum absolute atomic E-state index is 1.00. The third-order valence-corrected chi connectivity index (χ3v) is 5.21. The summed E-state index contributed by atoms with van der Waals surface area (Å²) in [6.45, 7) is 8.63. The maximum absolute atomic E-state index is 5.77. The molecule has 0 N–H and O–H groups in total. The van der Waals surface area contributed by atoms with E-state index in [0.717, 1.165) is 5.76 Å². The smallest absolute Gasteiger partial charge is 0.142 e. The normalized spacial score (nSPS) is 11.2. The third-order valence-electron chi connectivity index (χ3n) is 3.28. The molecule has 1 nitrogen and oxygen atoms in total. The van der Waals surface area contributed by atoms with E-state index in [1.807, 2.05) is 22.7 Å². The van der Waals surface area contributed by atoms with E-state index in [9.17, 15) is 0 Å². The second-order valence-corrected chi connectivity index (χ2v) is 7.74. The fourth-order valence-corrected chi connectivity index (χ4v) is 4.34. The van der Waals surface area contributed by atoms with Crippen molar-refractivity contribution in [1.82, 2.24) is 0 Å². The van der Waals surface area contributed by atoms with Gasteiger partial charge in [-0.05, 0) is 51.5 Å². The second kappa shape index (κ2) is 4.66. The SMILES string of the molecule is Cc1cc(-c2ccoc2-c2cc(C)sc2C)c(C)s1. The van der Waals surface area contributed by atoms with Gasteiger partial charge < -0.3 is 4.42 Å². The van der Waals surface area contributed by atoms with E-state index >= 15 is 0 Å². The molecule has 0 saturated heterocycles. The average molecular weight is 288 g/mol. The molecule has 3 aromatic rings. The fourth-order valence-electron chi connectivity index (χ4n) is 2.48. The van der Waals surface area contributed by atoms with Gasteiger partial charge in [-0.3, -0.25) is 0 Å². The van der Waals surface area contributed by atoms with Crippen molar-refractivity contribution in [1.29, 1.82) is 0 Å². The van der Waals surface area contributed by atoms with Crippen molar-refractivity contribution < 1.29 is 4.42 Å². The highest BCUT2D eigenvalue weighted by molar-refractivity contribution is 7.12. The first-order valence-electron chi connectivity index (χ1n) is 6.28. The number of thiophene rings is 2. The Bertz CT molecular complexity index is 667. The summed E-state index contributed by atoms with van der Waals surface area (Å²) in [7, 11) is 0. The van der Waals surface area contributed by atoms with Crippen LogP contribution in [0.3, 0.4) is 0 Å². The molecular formula is C16H16OS2. The van der Waals surface area contributed by atoms with Gasteiger partial charge in [-0.1, -0.05) is 0 Å². The van der Waals surface area contributed by atoms with Gasteiger partial charge in [0, 0.05) is 30.6 Å². The summed E-state index contributed by atoms with van der Waals surface area (Å²) in [4.78, 5) is 5.34. The number of hydrogen-bond donors (Lipinski definition) is 0. The number of hydrogen-bond acceptors (Lipinski definition) is 3. The summed E-state index contributed by atoms with van der Waals surface area (Å²) in [5.74, 6) is 1.00. The minimum atomic E-state index is 1.00. The molecule has 0 aliphatic heterocycles. The van der Waals surface area contributed by atoms with Gasteiger partial charge in [0.2, 0.25) is 0 Å². The molecule has 0 atom stereocenters. The third kappa shape index (κ3) is 2.17. The number of aryl methyl sites for hydroxylation is 4. The van der Waals surface area contributed by atoms with Crippen LogP contribution in [0.15, 0.2) is 28.9 Å². The molecule has 0 bridgehead atoms. The first-order valence-corrected chi connectivity index (χ1v) is 7.92. The standard InChI is InChI=1S/C16H16OS2/c1-9-7-14(11(3)18-9)13-5-6-17-16(13)15-8-10(2)19-12(15)4/h5-8H,1-4H3. The van der Waals surface area contributed by atoms with Crippen LogP contribution in [0.2, 0.25) is 0 Å². The monoisotopic (exact) mass is 288 g/mol. The van der Waals surface area contributed by atoms with Crippen molar-refractivity contribution in [2.45, 2.75) is 27.7 Å². The molecule has 0 aromatic carbocycles. The molecule has 3 rings (SSSR count). The Kier molecular flexibility index (Phi) is 3.11. The van der Waals surface area contributed by atoms with Crippen LogP contribution in [0.1, 0.15) is 19.5 Å². The van der Waals surface area contributed by atoms with Gasteiger partial charge in [0.25, 0.3) is 0 Å². The van der Waals surface area contributed by atoms with E-state index < -0.39 is 0 Å². The molecule has 0 radical (unpaired) electrons. The Morgan fingerprint density at radius 3 is 1.89 bits per heavy atom. The summed E-state index contributed by atoms with van der Waals surface area (Å²) >= 11 is 3.67. The molecule has 0 amide bonds. The van der Waals surface area contributed by atoms with Crippen LogP contribution in [0.25, 0.3) is 22.5 Å². The highest BCUT2D eigenvalue weighted by atomic mass is 32.1. The fraction of sp³-hybridized carbons (Fsp3) is 0.250. The Morgan fingerprint density at radius 2 is 1.37 bits per heavy atom. The van der Waals surface area contributed by atoms with Crippen LogP contribution in [-0.4, -0.2) is 0 Å². The molecule has 0 aliphatic carbocycles. The molecule has 3 heterocycles. The Balaban J connectivity index is 2.18. The Hall–Kier alpha value is -1.32. The van der Waals surface area contributed by atoms with Crippen LogP contribution in [0, 0.1) is 27.7 Å². The van der Waals surface area contributed by atoms with Crippen LogP contribution in [0.4, 0.5) is 0 Å². The second-order valence-electron chi connectivity index (χ2n) is 4.82. The van der Waals surface area contributed by atoms with Gasteiger partial charge in [-0.25, -0.2) is 0 Å². The number of rotatable bonds is 2. The molecule has 98 valence electrons. The van der Waals surface area contributed by atoms with E-state index in [4.69, 9.17) is 4.42 Å². The van der Waals surface area contributed by atoms with Gasteiger partial charge in [-0.15, -0.1) is 22.7 Å². The molecule has 0 aliphatic rings. The molecule has 0 fully saturated rings. The molecule has 19 heavy (non-hydrogen) atoms. The van der Waals surface area contributed by atoms with Crippen molar-refractivity contribution in [3.63, 3.8) is 0 Å². The van der Waals surface area contributed by atoms with Crippen LogP contribution in [-0.2, 0) is 0 Å². The van der Waals surface area contributed by atoms with Gasteiger partial charge in [0.15, 0.2) is 0 Å². The van der Waals surface area contributed by atoms with Crippen molar-refractivity contribution >= 4 is 22.7 Å². The first-order chi connectivity index (χ1) is 9.06. The lowest BCUT2D eigenvalue weighted by atomic mass is 10.0. The van der Waals surface area contributed by atoms with Gasteiger partial charge in [0.05, 0.1) is 6.26 Å². The molecule has 3 heteroatoms. The summed E-state index contributed by atoms with van der Waals surface area (Å²) in [6, 6.07) is 6.55. The van der Waals surface area contributed by atoms with E-state index in [1.165, 1.54) is 36.2 Å². The maximum Gasteiger partial charge on any atom is 0.142 e. The summed E-state index contributed by atoms with van der Waals surface area (Å²) in [5, 5.41) is 0. The molecule has 0 spiro atoms. The highest BCUT2D eigenvalue weighted by Gasteiger charge is 2.17. The van der Waals surface area contributed by atoms with Crippen molar-refractivity contribution in [2.24, 2.45) is 0 Å². The number of furan rings is 1. The average Bonchev–Trinajstić information content (AvgIpc) is 2.98.